The standard InChI is InChI=1S/C31H34Cl3N3O4S/c1-42(40,41)37(26-14-8-11-24(32)19-26)21-30(38)36(20-23-15-16-27(33)28(34)17-23)29(18-22-9-4-2-5-10-22)31(39)35-25-12-6-3-7-13-25/h2,4-5,8-11,14-17,19,25,29H,3,6-7,12-13,18,20-21H2,1H3,(H,35,39)/t29-/m1/s1. The summed E-state index contributed by atoms with van der Waals surface area (Å²) in [5.41, 5.74) is 1.76. The SMILES string of the molecule is CS(=O)(=O)N(CC(=O)N(Cc1ccc(Cl)c(Cl)c1)[C@H](Cc1ccccc1)C(=O)NC1CCCCC1)c1cccc(Cl)c1. The number of hydrogen-bond donors (Lipinski definition) is 1. The van der Waals surface area contributed by atoms with Crippen molar-refractivity contribution in [1.82, 2.24) is 10.2 Å². The van der Waals surface area contributed by atoms with Gasteiger partial charge in [-0.3, -0.25) is 13.9 Å². The fourth-order valence-corrected chi connectivity index (χ4v) is 6.52. The molecule has 0 aliphatic heterocycles. The van der Waals surface area contributed by atoms with Gasteiger partial charge >= 0.3 is 0 Å². The average Bonchev–Trinajstić information content (AvgIpc) is 2.95. The zero-order valence-corrected chi connectivity index (χ0v) is 26.4. The van der Waals surface area contributed by atoms with Crippen molar-refractivity contribution in [3.05, 3.63) is 99.0 Å². The summed E-state index contributed by atoms with van der Waals surface area (Å²) in [5.74, 6) is -0.834. The van der Waals surface area contributed by atoms with Crippen LogP contribution in [0.1, 0.15) is 43.2 Å². The van der Waals surface area contributed by atoms with Crippen molar-refractivity contribution in [2.45, 2.75) is 57.2 Å². The van der Waals surface area contributed by atoms with Crippen molar-refractivity contribution >= 4 is 62.3 Å². The molecule has 0 saturated heterocycles. The summed E-state index contributed by atoms with van der Waals surface area (Å²) in [7, 11) is -3.89. The van der Waals surface area contributed by atoms with E-state index in [9.17, 15) is 18.0 Å². The van der Waals surface area contributed by atoms with E-state index in [4.69, 9.17) is 34.8 Å². The molecule has 1 aliphatic carbocycles. The Bertz CT molecular complexity index is 1500. The maximum Gasteiger partial charge on any atom is 0.244 e. The highest BCUT2D eigenvalue weighted by atomic mass is 35.5. The van der Waals surface area contributed by atoms with Crippen LogP contribution < -0.4 is 9.62 Å². The summed E-state index contributed by atoms with van der Waals surface area (Å²) in [6, 6.07) is 19.8. The first-order valence-corrected chi connectivity index (χ1v) is 16.8. The lowest BCUT2D eigenvalue weighted by Crippen LogP contribution is -2.55. The molecule has 0 unspecified atom stereocenters. The first kappa shape index (κ1) is 32.1. The molecule has 1 aliphatic rings. The van der Waals surface area contributed by atoms with Gasteiger partial charge in [-0.2, -0.15) is 0 Å². The fourth-order valence-electron chi connectivity index (χ4n) is 5.18. The molecule has 1 N–H and O–H groups in total. The van der Waals surface area contributed by atoms with Gasteiger partial charge in [-0.1, -0.05) is 96.5 Å². The quantitative estimate of drug-likeness (QED) is 0.257. The van der Waals surface area contributed by atoms with Gasteiger partial charge in [0.2, 0.25) is 21.8 Å². The Kier molecular flexibility index (Phi) is 11.2. The molecule has 224 valence electrons. The molecule has 2 amide bonds. The predicted octanol–water partition coefficient (Wildman–Crippen LogP) is 6.50. The number of hydrogen-bond acceptors (Lipinski definition) is 4. The average molecular weight is 651 g/mol. The first-order chi connectivity index (χ1) is 20.0. The maximum atomic E-state index is 14.2. The van der Waals surface area contributed by atoms with E-state index in [1.807, 2.05) is 30.3 Å². The Morgan fingerprint density at radius 1 is 0.881 bits per heavy atom. The molecule has 1 atom stereocenters. The van der Waals surface area contributed by atoms with Crippen LogP contribution in [0.2, 0.25) is 15.1 Å². The number of nitrogens with zero attached hydrogens (tertiary/aromatic N) is 2. The molecule has 1 fully saturated rings. The zero-order chi connectivity index (χ0) is 30.3. The third-order valence-corrected chi connectivity index (χ3v) is 9.45. The molecule has 3 aromatic carbocycles. The molecule has 0 spiro atoms. The van der Waals surface area contributed by atoms with Crippen molar-refractivity contribution in [2.75, 3.05) is 17.1 Å². The lowest BCUT2D eigenvalue weighted by Gasteiger charge is -2.35. The first-order valence-electron chi connectivity index (χ1n) is 13.8. The topological polar surface area (TPSA) is 86.8 Å². The molecule has 4 rings (SSSR count). The number of carbonyl (C=O) groups is 2. The van der Waals surface area contributed by atoms with Crippen LogP contribution in [0.5, 0.6) is 0 Å². The van der Waals surface area contributed by atoms with E-state index < -0.39 is 28.5 Å². The number of rotatable bonds is 11. The lowest BCUT2D eigenvalue weighted by atomic mass is 9.94. The van der Waals surface area contributed by atoms with E-state index in [0.29, 0.717) is 20.6 Å². The highest BCUT2D eigenvalue weighted by Gasteiger charge is 2.34. The van der Waals surface area contributed by atoms with Crippen molar-refractivity contribution in [3.8, 4) is 0 Å². The van der Waals surface area contributed by atoms with Crippen LogP contribution in [0.4, 0.5) is 5.69 Å². The molecular formula is C31H34Cl3N3O4S. The predicted molar refractivity (Wildman–Crippen MR) is 170 cm³/mol. The summed E-state index contributed by atoms with van der Waals surface area (Å²) < 4.78 is 26.8. The molecule has 0 bridgehead atoms. The third kappa shape index (κ3) is 8.86. The number of benzene rings is 3. The van der Waals surface area contributed by atoms with E-state index in [1.54, 1.807) is 36.4 Å². The molecule has 3 aromatic rings. The second kappa shape index (κ2) is 14.6. The van der Waals surface area contributed by atoms with Crippen LogP contribution in [0.15, 0.2) is 72.8 Å². The number of sulfonamides is 1. The largest absolute Gasteiger partial charge is 0.352 e. The highest BCUT2D eigenvalue weighted by molar-refractivity contribution is 7.92. The van der Waals surface area contributed by atoms with Gasteiger partial charge in [-0.15, -0.1) is 0 Å². The number of carbonyl (C=O) groups excluding carboxylic acids is 2. The summed E-state index contributed by atoms with van der Waals surface area (Å²) in [4.78, 5) is 29.6. The Balaban J connectivity index is 1.74. The van der Waals surface area contributed by atoms with E-state index in [2.05, 4.69) is 5.32 Å². The molecule has 11 heteroatoms. The van der Waals surface area contributed by atoms with Gasteiger partial charge in [0, 0.05) is 24.0 Å². The zero-order valence-electron chi connectivity index (χ0n) is 23.3. The fraction of sp³-hybridized carbons (Fsp3) is 0.355. The van der Waals surface area contributed by atoms with Crippen LogP contribution in [-0.4, -0.2) is 50.0 Å². The van der Waals surface area contributed by atoms with E-state index in [-0.39, 0.29) is 30.6 Å². The van der Waals surface area contributed by atoms with Crippen LogP contribution in [0.3, 0.4) is 0 Å². The van der Waals surface area contributed by atoms with Gasteiger partial charge in [-0.05, 0) is 54.3 Å². The number of amides is 2. The van der Waals surface area contributed by atoms with Crippen molar-refractivity contribution < 1.29 is 18.0 Å². The Hall–Kier alpha value is -2.78. The molecular weight excluding hydrogens is 617 g/mol. The third-order valence-electron chi connectivity index (χ3n) is 7.33. The van der Waals surface area contributed by atoms with Gasteiger partial charge in [0.15, 0.2) is 0 Å². The number of anilines is 1. The molecule has 0 aromatic heterocycles. The Morgan fingerprint density at radius 3 is 2.24 bits per heavy atom. The summed E-state index contributed by atoms with van der Waals surface area (Å²) in [6.07, 6.45) is 6.21. The minimum absolute atomic E-state index is 0.0124. The second-order valence-corrected chi connectivity index (χ2v) is 13.7. The molecule has 0 heterocycles. The Morgan fingerprint density at radius 2 is 1.60 bits per heavy atom. The van der Waals surface area contributed by atoms with Crippen LogP contribution in [-0.2, 0) is 32.6 Å². The second-order valence-electron chi connectivity index (χ2n) is 10.6. The molecule has 7 nitrogen and oxygen atoms in total. The molecule has 1 saturated carbocycles. The van der Waals surface area contributed by atoms with Crippen LogP contribution >= 0.6 is 34.8 Å². The van der Waals surface area contributed by atoms with Gasteiger partial charge in [0.05, 0.1) is 22.0 Å². The maximum absolute atomic E-state index is 14.2. The van der Waals surface area contributed by atoms with Gasteiger partial charge in [-0.25, -0.2) is 8.42 Å². The van der Waals surface area contributed by atoms with Crippen molar-refractivity contribution in [1.29, 1.82) is 0 Å². The molecule has 42 heavy (non-hydrogen) atoms. The van der Waals surface area contributed by atoms with Crippen molar-refractivity contribution in [2.24, 2.45) is 0 Å². The normalized spacial score (nSPS) is 14.7. The Labute approximate surface area is 262 Å². The minimum Gasteiger partial charge on any atom is -0.352 e. The van der Waals surface area contributed by atoms with E-state index in [1.165, 1.54) is 11.0 Å². The van der Waals surface area contributed by atoms with E-state index >= 15 is 0 Å². The van der Waals surface area contributed by atoms with Crippen LogP contribution in [0, 0.1) is 0 Å². The monoisotopic (exact) mass is 649 g/mol. The summed E-state index contributed by atoms with van der Waals surface area (Å²) in [6.45, 7) is -0.513. The minimum atomic E-state index is -3.89. The lowest BCUT2D eigenvalue weighted by molar-refractivity contribution is -0.140. The van der Waals surface area contributed by atoms with Crippen LogP contribution in [0.25, 0.3) is 0 Å². The molecule has 0 radical (unpaired) electrons. The van der Waals surface area contributed by atoms with Gasteiger partial charge < -0.3 is 10.2 Å². The van der Waals surface area contributed by atoms with Gasteiger partial charge in [0.1, 0.15) is 12.6 Å². The van der Waals surface area contributed by atoms with E-state index in [0.717, 1.165) is 48.2 Å². The number of halogens is 3. The smallest absolute Gasteiger partial charge is 0.244 e. The number of nitrogens with one attached hydrogen (secondary N) is 1. The summed E-state index contributed by atoms with van der Waals surface area (Å²) >= 11 is 18.6. The van der Waals surface area contributed by atoms with Gasteiger partial charge in [0.25, 0.3) is 0 Å². The van der Waals surface area contributed by atoms with Crippen molar-refractivity contribution in [3.63, 3.8) is 0 Å². The summed E-state index contributed by atoms with van der Waals surface area (Å²) in [5, 5.41) is 4.17. The highest BCUT2D eigenvalue weighted by Crippen LogP contribution is 2.26.